The number of hydrogen-bond acceptors (Lipinski definition) is 2. The summed E-state index contributed by atoms with van der Waals surface area (Å²) in [6.45, 7) is 2.26. The molecular formula is C14H21ClN2. The van der Waals surface area contributed by atoms with Crippen LogP contribution in [0.2, 0.25) is 5.02 Å². The number of nitrogens with two attached hydrogens (primary N) is 1. The van der Waals surface area contributed by atoms with Gasteiger partial charge in [-0.1, -0.05) is 31.4 Å². The van der Waals surface area contributed by atoms with Crippen LogP contribution in [0.1, 0.15) is 44.6 Å². The second kappa shape index (κ2) is 5.36. The van der Waals surface area contributed by atoms with Crippen molar-refractivity contribution in [1.82, 2.24) is 4.98 Å². The molecule has 0 bridgehead atoms. The van der Waals surface area contributed by atoms with Crippen molar-refractivity contribution < 1.29 is 0 Å². The van der Waals surface area contributed by atoms with Gasteiger partial charge in [0.1, 0.15) is 0 Å². The lowest BCUT2D eigenvalue weighted by Crippen LogP contribution is -2.41. The van der Waals surface area contributed by atoms with Crippen LogP contribution in [-0.4, -0.2) is 11.0 Å². The Morgan fingerprint density at radius 2 is 2.18 bits per heavy atom. The standard InChI is InChI=1S/C14H21ClN2/c1-2-14(6-3-4-7-14)13(16)9-11-5-8-17-10-12(11)15/h5,8,10,13H,2-4,6-7,9,16H2,1H3. The summed E-state index contributed by atoms with van der Waals surface area (Å²) in [5.74, 6) is 0. The molecule has 1 aliphatic rings. The molecule has 0 aliphatic heterocycles. The number of rotatable bonds is 4. The fraction of sp³-hybridized carbons (Fsp3) is 0.643. The zero-order valence-corrected chi connectivity index (χ0v) is 11.2. The Bertz CT molecular complexity index is 372. The summed E-state index contributed by atoms with van der Waals surface area (Å²) in [6.07, 6.45) is 10.7. The lowest BCUT2D eigenvalue weighted by Gasteiger charge is -2.34. The monoisotopic (exact) mass is 252 g/mol. The summed E-state index contributed by atoms with van der Waals surface area (Å²) in [5.41, 5.74) is 7.92. The number of nitrogens with zero attached hydrogens (tertiary/aromatic N) is 1. The lowest BCUT2D eigenvalue weighted by atomic mass is 9.74. The van der Waals surface area contributed by atoms with Crippen LogP contribution in [0.5, 0.6) is 0 Å². The van der Waals surface area contributed by atoms with Crippen molar-refractivity contribution in [2.24, 2.45) is 11.1 Å². The third-order valence-electron chi connectivity index (χ3n) is 4.39. The molecule has 1 atom stereocenters. The van der Waals surface area contributed by atoms with E-state index in [4.69, 9.17) is 17.3 Å². The summed E-state index contributed by atoms with van der Waals surface area (Å²) >= 11 is 6.15. The Balaban J connectivity index is 2.10. The number of aromatic nitrogens is 1. The van der Waals surface area contributed by atoms with E-state index in [0.717, 1.165) is 17.0 Å². The minimum absolute atomic E-state index is 0.217. The average molecular weight is 253 g/mol. The molecule has 1 aliphatic carbocycles. The van der Waals surface area contributed by atoms with Crippen LogP contribution >= 0.6 is 11.6 Å². The van der Waals surface area contributed by atoms with E-state index >= 15 is 0 Å². The van der Waals surface area contributed by atoms with E-state index in [1.165, 1.54) is 32.1 Å². The van der Waals surface area contributed by atoms with Gasteiger partial charge >= 0.3 is 0 Å². The summed E-state index contributed by atoms with van der Waals surface area (Å²) < 4.78 is 0. The van der Waals surface area contributed by atoms with E-state index in [9.17, 15) is 0 Å². The van der Waals surface area contributed by atoms with E-state index in [0.29, 0.717) is 5.41 Å². The SMILES string of the molecule is CCC1(C(N)Cc2ccncc2Cl)CCCC1. The lowest BCUT2D eigenvalue weighted by molar-refractivity contribution is 0.219. The Hall–Kier alpha value is -0.600. The Kier molecular flexibility index (Phi) is 4.05. The number of hydrogen-bond donors (Lipinski definition) is 1. The van der Waals surface area contributed by atoms with Crippen LogP contribution in [0.15, 0.2) is 18.5 Å². The maximum absolute atomic E-state index is 6.45. The summed E-state index contributed by atoms with van der Waals surface area (Å²) in [4.78, 5) is 4.01. The van der Waals surface area contributed by atoms with Gasteiger partial charge < -0.3 is 5.73 Å². The molecule has 0 radical (unpaired) electrons. The number of halogens is 1. The predicted octanol–water partition coefficient (Wildman–Crippen LogP) is 3.58. The van der Waals surface area contributed by atoms with Crippen molar-refractivity contribution in [3.05, 3.63) is 29.0 Å². The van der Waals surface area contributed by atoms with Crippen molar-refractivity contribution >= 4 is 11.6 Å². The maximum Gasteiger partial charge on any atom is 0.0621 e. The average Bonchev–Trinajstić information content (AvgIpc) is 2.82. The van der Waals surface area contributed by atoms with Crippen LogP contribution < -0.4 is 5.73 Å². The van der Waals surface area contributed by atoms with Crippen LogP contribution in [0.4, 0.5) is 0 Å². The Morgan fingerprint density at radius 1 is 1.47 bits per heavy atom. The molecular weight excluding hydrogens is 232 g/mol. The largest absolute Gasteiger partial charge is 0.327 e. The van der Waals surface area contributed by atoms with Gasteiger partial charge in [-0.25, -0.2) is 0 Å². The molecule has 2 N–H and O–H groups in total. The van der Waals surface area contributed by atoms with Gasteiger partial charge in [0.15, 0.2) is 0 Å². The highest BCUT2D eigenvalue weighted by atomic mass is 35.5. The molecule has 1 unspecified atom stereocenters. The van der Waals surface area contributed by atoms with Gasteiger partial charge in [-0.2, -0.15) is 0 Å². The van der Waals surface area contributed by atoms with Gasteiger partial charge in [0.2, 0.25) is 0 Å². The van der Waals surface area contributed by atoms with E-state index in [1.807, 2.05) is 6.07 Å². The molecule has 1 aromatic heterocycles. The first-order chi connectivity index (χ1) is 8.18. The van der Waals surface area contributed by atoms with Crippen LogP contribution in [0.25, 0.3) is 0 Å². The van der Waals surface area contributed by atoms with Crippen molar-refractivity contribution in [2.75, 3.05) is 0 Å². The first kappa shape index (κ1) is 12.8. The van der Waals surface area contributed by atoms with E-state index in [2.05, 4.69) is 11.9 Å². The molecule has 1 saturated carbocycles. The third kappa shape index (κ3) is 2.63. The summed E-state index contributed by atoms with van der Waals surface area (Å²) in [6, 6.07) is 2.20. The van der Waals surface area contributed by atoms with E-state index in [1.54, 1.807) is 12.4 Å². The quantitative estimate of drug-likeness (QED) is 0.890. The molecule has 2 rings (SSSR count). The molecule has 2 nitrogen and oxygen atoms in total. The Morgan fingerprint density at radius 3 is 2.76 bits per heavy atom. The van der Waals surface area contributed by atoms with Gasteiger partial charge in [-0.05, 0) is 42.7 Å². The summed E-state index contributed by atoms with van der Waals surface area (Å²) in [5, 5.41) is 0.743. The molecule has 0 spiro atoms. The second-order valence-electron chi connectivity index (χ2n) is 5.20. The van der Waals surface area contributed by atoms with Gasteiger partial charge in [-0.15, -0.1) is 0 Å². The topological polar surface area (TPSA) is 38.9 Å². The highest BCUT2D eigenvalue weighted by Crippen LogP contribution is 2.44. The molecule has 0 amide bonds. The highest BCUT2D eigenvalue weighted by Gasteiger charge is 2.37. The van der Waals surface area contributed by atoms with Crippen LogP contribution in [0, 0.1) is 5.41 Å². The molecule has 94 valence electrons. The highest BCUT2D eigenvalue weighted by molar-refractivity contribution is 6.31. The van der Waals surface area contributed by atoms with Gasteiger partial charge in [0, 0.05) is 18.4 Å². The maximum atomic E-state index is 6.45. The minimum atomic E-state index is 0.217. The molecule has 0 aromatic carbocycles. The first-order valence-corrected chi connectivity index (χ1v) is 6.90. The predicted molar refractivity (Wildman–Crippen MR) is 72.1 cm³/mol. The third-order valence-corrected chi connectivity index (χ3v) is 4.73. The normalized spacial score (nSPS) is 20.4. The fourth-order valence-electron chi connectivity index (χ4n) is 3.09. The van der Waals surface area contributed by atoms with E-state index in [-0.39, 0.29) is 6.04 Å². The zero-order chi connectivity index (χ0) is 12.3. The van der Waals surface area contributed by atoms with Gasteiger partial charge in [0.25, 0.3) is 0 Å². The van der Waals surface area contributed by atoms with Gasteiger partial charge in [-0.3, -0.25) is 4.98 Å². The van der Waals surface area contributed by atoms with E-state index < -0.39 is 0 Å². The molecule has 3 heteroatoms. The zero-order valence-electron chi connectivity index (χ0n) is 10.5. The molecule has 1 fully saturated rings. The minimum Gasteiger partial charge on any atom is -0.327 e. The molecule has 17 heavy (non-hydrogen) atoms. The fourth-order valence-corrected chi connectivity index (χ4v) is 3.29. The van der Waals surface area contributed by atoms with Crippen LogP contribution in [-0.2, 0) is 6.42 Å². The molecule has 1 aromatic rings. The number of pyridine rings is 1. The van der Waals surface area contributed by atoms with Crippen molar-refractivity contribution in [3.8, 4) is 0 Å². The van der Waals surface area contributed by atoms with Crippen molar-refractivity contribution in [2.45, 2.75) is 51.5 Å². The van der Waals surface area contributed by atoms with Crippen molar-refractivity contribution in [3.63, 3.8) is 0 Å². The molecule has 0 saturated heterocycles. The smallest absolute Gasteiger partial charge is 0.0621 e. The van der Waals surface area contributed by atoms with Crippen LogP contribution in [0.3, 0.4) is 0 Å². The molecule has 1 heterocycles. The van der Waals surface area contributed by atoms with Gasteiger partial charge in [0.05, 0.1) is 5.02 Å². The summed E-state index contributed by atoms with van der Waals surface area (Å²) in [7, 11) is 0. The Labute approximate surface area is 109 Å². The first-order valence-electron chi connectivity index (χ1n) is 6.52. The second-order valence-corrected chi connectivity index (χ2v) is 5.61. The van der Waals surface area contributed by atoms with Crippen molar-refractivity contribution in [1.29, 1.82) is 0 Å².